The highest BCUT2D eigenvalue weighted by Crippen LogP contribution is 2.37. The number of rotatable bonds is 2. The SMILES string of the molecule is O=C(C1CC(O)C(O)C2NC(=S)N(c3ccc(F)cc3)C12)N1CCCCC1. The number of anilines is 1. The Bertz CT molecular complexity index is 725. The monoisotopic (exact) mass is 393 g/mol. The summed E-state index contributed by atoms with van der Waals surface area (Å²) < 4.78 is 13.4. The molecule has 3 aliphatic rings. The van der Waals surface area contributed by atoms with Gasteiger partial charge >= 0.3 is 0 Å². The Morgan fingerprint density at radius 1 is 1.15 bits per heavy atom. The molecule has 2 saturated heterocycles. The number of fused-ring (bicyclic) bond motifs is 1. The second-order valence-electron chi connectivity index (χ2n) is 7.60. The van der Waals surface area contributed by atoms with E-state index in [-0.39, 0.29) is 18.1 Å². The number of nitrogens with one attached hydrogen (secondary N) is 1. The molecule has 8 heteroatoms. The fourth-order valence-corrected chi connectivity index (χ4v) is 4.94. The highest BCUT2D eigenvalue weighted by atomic mass is 32.1. The first-order valence-electron chi connectivity index (χ1n) is 9.47. The zero-order chi connectivity index (χ0) is 19.1. The summed E-state index contributed by atoms with van der Waals surface area (Å²) in [6, 6.07) is 4.96. The summed E-state index contributed by atoms with van der Waals surface area (Å²) in [6.45, 7) is 1.44. The van der Waals surface area contributed by atoms with E-state index in [1.807, 2.05) is 4.90 Å². The fraction of sp³-hybridized carbons (Fsp3) is 0.579. The van der Waals surface area contributed by atoms with Crippen molar-refractivity contribution in [1.82, 2.24) is 10.2 Å². The summed E-state index contributed by atoms with van der Waals surface area (Å²) in [5.74, 6) is -0.854. The van der Waals surface area contributed by atoms with Crippen LogP contribution in [0.4, 0.5) is 10.1 Å². The molecule has 1 aromatic rings. The molecular formula is C19H24FN3O3S. The van der Waals surface area contributed by atoms with Crippen LogP contribution in [0.2, 0.25) is 0 Å². The van der Waals surface area contributed by atoms with Gasteiger partial charge in [-0.05, 0) is 62.2 Å². The number of hydrogen-bond acceptors (Lipinski definition) is 4. The third kappa shape index (κ3) is 3.30. The number of amides is 1. The van der Waals surface area contributed by atoms with E-state index in [0.717, 1.165) is 32.4 Å². The Morgan fingerprint density at radius 2 is 1.81 bits per heavy atom. The molecule has 5 atom stereocenters. The van der Waals surface area contributed by atoms with Gasteiger partial charge in [0.2, 0.25) is 5.91 Å². The van der Waals surface area contributed by atoms with Gasteiger partial charge in [-0.3, -0.25) is 4.79 Å². The van der Waals surface area contributed by atoms with Crippen molar-refractivity contribution in [2.45, 2.75) is 50.0 Å². The number of benzene rings is 1. The van der Waals surface area contributed by atoms with Crippen molar-refractivity contribution < 1.29 is 19.4 Å². The minimum atomic E-state index is -1.02. The number of carbonyl (C=O) groups excluding carboxylic acids is 1. The topological polar surface area (TPSA) is 76.0 Å². The van der Waals surface area contributed by atoms with Gasteiger partial charge in [-0.1, -0.05) is 0 Å². The predicted molar refractivity (Wildman–Crippen MR) is 103 cm³/mol. The average molecular weight is 393 g/mol. The zero-order valence-electron chi connectivity index (χ0n) is 14.9. The molecule has 5 unspecified atom stereocenters. The number of thiocarbonyl (C=S) groups is 1. The maximum absolute atomic E-state index is 13.4. The second-order valence-corrected chi connectivity index (χ2v) is 7.99. The normalized spacial score (nSPS) is 33.6. The van der Waals surface area contributed by atoms with E-state index in [1.165, 1.54) is 12.1 Å². The predicted octanol–water partition coefficient (Wildman–Crippen LogP) is 1.01. The molecule has 146 valence electrons. The largest absolute Gasteiger partial charge is 0.390 e. The number of likely N-dealkylation sites (tertiary alicyclic amines) is 1. The van der Waals surface area contributed by atoms with E-state index >= 15 is 0 Å². The number of halogens is 1. The molecule has 2 heterocycles. The lowest BCUT2D eigenvalue weighted by Crippen LogP contribution is -2.61. The Labute approximate surface area is 163 Å². The lowest BCUT2D eigenvalue weighted by atomic mass is 9.76. The molecule has 27 heavy (non-hydrogen) atoms. The molecule has 1 aromatic carbocycles. The Hall–Kier alpha value is -1.77. The maximum atomic E-state index is 13.4. The second kappa shape index (κ2) is 7.33. The van der Waals surface area contributed by atoms with Crippen LogP contribution in [0.5, 0.6) is 0 Å². The highest BCUT2D eigenvalue weighted by Gasteiger charge is 2.54. The maximum Gasteiger partial charge on any atom is 0.227 e. The number of nitrogens with zero attached hydrogens (tertiary/aromatic N) is 2. The minimum Gasteiger partial charge on any atom is -0.390 e. The third-order valence-corrected chi connectivity index (χ3v) is 6.25. The van der Waals surface area contributed by atoms with Crippen LogP contribution in [-0.2, 0) is 4.79 Å². The molecule has 0 aromatic heterocycles. The molecule has 1 amide bonds. The number of piperidine rings is 1. The quantitative estimate of drug-likeness (QED) is 0.652. The molecule has 4 rings (SSSR count). The van der Waals surface area contributed by atoms with Gasteiger partial charge in [0.25, 0.3) is 0 Å². The van der Waals surface area contributed by atoms with Gasteiger partial charge in [0, 0.05) is 18.8 Å². The molecule has 0 bridgehead atoms. The fourth-order valence-electron chi connectivity index (χ4n) is 4.58. The van der Waals surface area contributed by atoms with Gasteiger partial charge < -0.3 is 25.3 Å². The van der Waals surface area contributed by atoms with Crippen LogP contribution in [0.25, 0.3) is 0 Å². The third-order valence-electron chi connectivity index (χ3n) is 5.93. The van der Waals surface area contributed by atoms with Crippen LogP contribution in [0.3, 0.4) is 0 Å². The number of aliphatic hydroxyl groups excluding tert-OH is 2. The van der Waals surface area contributed by atoms with Crippen molar-refractivity contribution in [2.24, 2.45) is 5.92 Å². The first-order valence-corrected chi connectivity index (χ1v) is 9.88. The summed E-state index contributed by atoms with van der Waals surface area (Å²) in [5.41, 5.74) is 0.668. The van der Waals surface area contributed by atoms with Crippen LogP contribution in [0, 0.1) is 11.7 Å². The first kappa shape index (κ1) is 18.6. The van der Waals surface area contributed by atoms with E-state index in [2.05, 4.69) is 5.32 Å². The summed E-state index contributed by atoms with van der Waals surface area (Å²) in [6.07, 6.45) is 1.25. The first-order chi connectivity index (χ1) is 13.0. The van der Waals surface area contributed by atoms with Crippen molar-refractivity contribution in [1.29, 1.82) is 0 Å². The van der Waals surface area contributed by atoms with Crippen molar-refractivity contribution in [2.75, 3.05) is 18.0 Å². The lowest BCUT2D eigenvalue weighted by Gasteiger charge is -2.43. The number of carbonyl (C=O) groups is 1. The van der Waals surface area contributed by atoms with E-state index in [0.29, 0.717) is 10.8 Å². The van der Waals surface area contributed by atoms with Crippen molar-refractivity contribution in [3.63, 3.8) is 0 Å². The van der Waals surface area contributed by atoms with Crippen LogP contribution in [0.1, 0.15) is 25.7 Å². The van der Waals surface area contributed by atoms with Gasteiger partial charge in [0.1, 0.15) is 11.9 Å². The minimum absolute atomic E-state index is 0.00531. The van der Waals surface area contributed by atoms with E-state index in [9.17, 15) is 19.4 Å². The van der Waals surface area contributed by atoms with Crippen LogP contribution < -0.4 is 10.2 Å². The van der Waals surface area contributed by atoms with E-state index in [4.69, 9.17) is 12.2 Å². The van der Waals surface area contributed by atoms with Gasteiger partial charge in [-0.25, -0.2) is 4.39 Å². The Morgan fingerprint density at radius 3 is 2.48 bits per heavy atom. The van der Waals surface area contributed by atoms with Gasteiger partial charge in [0.05, 0.1) is 24.1 Å². The average Bonchev–Trinajstić information content (AvgIpc) is 3.03. The van der Waals surface area contributed by atoms with Gasteiger partial charge in [0.15, 0.2) is 5.11 Å². The zero-order valence-corrected chi connectivity index (χ0v) is 15.7. The van der Waals surface area contributed by atoms with E-state index in [1.54, 1.807) is 17.0 Å². The summed E-state index contributed by atoms with van der Waals surface area (Å²) in [5, 5.41) is 24.3. The lowest BCUT2D eigenvalue weighted by molar-refractivity contribution is -0.142. The van der Waals surface area contributed by atoms with Crippen molar-refractivity contribution in [3.8, 4) is 0 Å². The molecule has 1 saturated carbocycles. The van der Waals surface area contributed by atoms with Gasteiger partial charge in [-0.2, -0.15) is 0 Å². The number of hydrogen-bond donors (Lipinski definition) is 3. The van der Waals surface area contributed by atoms with Crippen LogP contribution >= 0.6 is 12.2 Å². The molecule has 1 aliphatic carbocycles. The smallest absolute Gasteiger partial charge is 0.227 e. The molecule has 0 spiro atoms. The molecule has 2 aliphatic heterocycles. The van der Waals surface area contributed by atoms with Crippen molar-refractivity contribution in [3.05, 3.63) is 30.1 Å². The van der Waals surface area contributed by atoms with Crippen molar-refractivity contribution >= 4 is 28.9 Å². The van der Waals surface area contributed by atoms with E-state index < -0.39 is 30.2 Å². The molecule has 3 N–H and O–H groups in total. The molecule has 6 nitrogen and oxygen atoms in total. The summed E-state index contributed by atoms with van der Waals surface area (Å²) >= 11 is 5.46. The Balaban J connectivity index is 1.68. The standard InChI is InChI=1S/C19H24FN3O3S/c20-11-4-6-12(7-5-11)23-16-13(18(26)22-8-2-1-3-9-22)10-14(24)17(25)15(16)21-19(23)27/h4-7,13-17,24-25H,1-3,8-10H2,(H,21,27). The van der Waals surface area contributed by atoms with Crippen LogP contribution in [0.15, 0.2) is 24.3 Å². The van der Waals surface area contributed by atoms with Gasteiger partial charge in [-0.15, -0.1) is 0 Å². The summed E-state index contributed by atoms with van der Waals surface area (Å²) in [4.78, 5) is 16.9. The molecular weight excluding hydrogens is 369 g/mol. The summed E-state index contributed by atoms with van der Waals surface area (Å²) in [7, 11) is 0. The Kier molecular flexibility index (Phi) is 5.05. The highest BCUT2D eigenvalue weighted by molar-refractivity contribution is 7.80. The molecule has 0 radical (unpaired) electrons. The number of aliphatic hydroxyl groups is 2. The van der Waals surface area contributed by atoms with Crippen LogP contribution in [-0.4, -0.2) is 63.5 Å². The molecule has 3 fully saturated rings.